The third kappa shape index (κ3) is 4.20. The highest BCUT2D eigenvalue weighted by molar-refractivity contribution is 6.20. The number of carbonyl (C=O) groups excluding carboxylic acids is 2. The molecule has 152 valence electrons. The van der Waals surface area contributed by atoms with E-state index in [9.17, 15) is 32.9 Å². The first-order chi connectivity index (χ1) is 13.2. The number of Topliss-reactive ketones (excluding diaryl/α,β-unsaturated/α-hetero) is 1. The van der Waals surface area contributed by atoms with Crippen molar-refractivity contribution in [1.29, 1.82) is 0 Å². The van der Waals surface area contributed by atoms with Crippen LogP contribution in [0.15, 0.2) is 4.99 Å². The summed E-state index contributed by atoms with van der Waals surface area (Å²) in [6, 6.07) is -0.153. The van der Waals surface area contributed by atoms with E-state index in [1.807, 2.05) is 0 Å². The predicted molar refractivity (Wildman–Crippen MR) is 92.9 cm³/mol. The SMILES string of the molecule is COC(=O)C(C=NC1CCCCC1)C(=O)c1c(F)c(C)c(F)c(F)c1[N+](=O)[O-]. The number of nitro groups is 1. The summed E-state index contributed by atoms with van der Waals surface area (Å²) in [6.07, 6.45) is 5.29. The van der Waals surface area contributed by atoms with Crippen molar-refractivity contribution in [3.63, 3.8) is 0 Å². The summed E-state index contributed by atoms with van der Waals surface area (Å²) < 4.78 is 46.8. The average molecular weight is 400 g/mol. The van der Waals surface area contributed by atoms with Crippen molar-refractivity contribution in [3.8, 4) is 0 Å². The van der Waals surface area contributed by atoms with E-state index in [4.69, 9.17) is 0 Å². The summed E-state index contributed by atoms with van der Waals surface area (Å²) >= 11 is 0. The summed E-state index contributed by atoms with van der Waals surface area (Å²) in [5.74, 6) is -9.72. The number of rotatable bonds is 6. The first-order valence-electron chi connectivity index (χ1n) is 8.67. The van der Waals surface area contributed by atoms with Crippen molar-refractivity contribution in [3.05, 3.63) is 38.7 Å². The lowest BCUT2D eigenvalue weighted by Gasteiger charge is -2.18. The molecule has 28 heavy (non-hydrogen) atoms. The number of methoxy groups -OCH3 is 1. The second-order valence-corrected chi connectivity index (χ2v) is 6.50. The van der Waals surface area contributed by atoms with Crippen LogP contribution in [0.1, 0.15) is 48.0 Å². The van der Waals surface area contributed by atoms with Crippen LogP contribution in [0, 0.1) is 40.4 Å². The largest absolute Gasteiger partial charge is 0.468 e. The number of nitro benzene ring substituents is 1. The molecule has 0 spiro atoms. The lowest BCUT2D eigenvalue weighted by atomic mass is 9.93. The Labute approximate surface area is 158 Å². The molecular weight excluding hydrogens is 381 g/mol. The number of ether oxygens (including phenoxy) is 1. The standard InChI is InChI=1S/C18H19F3N2O5/c1-9-13(19)12(16(23(26)27)15(21)14(9)20)17(24)11(18(25)28-2)8-22-10-6-4-3-5-7-10/h8,10-11H,3-7H2,1-2H3. The summed E-state index contributed by atoms with van der Waals surface area (Å²) in [5, 5.41) is 11.2. The second-order valence-electron chi connectivity index (χ2n) is 6.50. The van der Waals surface area contributed by atoms with Crippen LogP contribution in [-0.4, -0.2) is 36.0 Å². The Balaban J connectivity index is 2.54. The molecule has 0 aliphatic heterocycles. The van der Waals surface area contributed by atoms with Crippen LogP contribution in [0.25, 0.3) is 0 Å². The van der Waals surface area contributed by atoms with Crippen molar-refractivity contribution in [2.24, 2.45) is 10.9 Å². The van der Waals surface area contributed by atoms with Gasteiger partial charge in [0.2, 0.25) is 5.82 Å². The van der Waals surface area contributed by atoms with Gasteiger partial charge in [-0.2, -0.15) is 4.39 Å². The highest BCUT2D eigenvalue weighted by Crippen LogP contribution is 2.32. The van der Waals surface area contributed by atoms with Gasteiger partial charge in [0.15, 0.2) is 17.5 Å². The highest BCUT2D eigenvalue weighted by Gasteiger charge is 2.39. The van der Waals surface area contributed by atoms with Crippen molar-refractivity contribution in [2.45, 2.75) is 45.1 Å². The van der Waals surface area contributed by atoms with E-state index in [2.05, 4.69) is 9.73 Å². The molecule has 1 unspecified atom stereocenters. The van der Waals surface area contributed by atoms with Gasteiger partial charge >= 0.3 is 11.7 Å². The second kappa shape index (κ2) is 8.94. The molecule has 1 fully saturated rings. The van der Waals surface area contributed by atoms with Gasteiger partial charge in [-0.25, -0.2) is 8.78 Å². The van der Waals surface area contributed by atoms with Gasteiger partial charge in [-0.1, -0.05) is 19.3 Å². The molecule has 1 saturated carbocycles. The number of hydrogen-bond acceptors (Lipinski definition) is 6. The van der Waals surface area contributed by atoms with Crippen molar-refractivity contribution >= 4 is 23.7 Å². The number of hydrogen-bond donors (Lipinski definition) is 0. The number of benzene rings is 1. The number of halogens is 3. The molecule has 1 aliphatic rings. The maximum absolute atomic E-state index is 14.5. The van der Waals surface area contributed by atoms with Gasteiger partial charge in [0.05, 0.1) is 12.0 Å². The monoisotopic (exact) mass is 400 g/mol. The predicted octanol–water partition coefficient (Wildman–Crippen LogP) is 3.70. The summed E-state index contributed by atoms with van der Waals surface area (Å²) in [4.78, 5) is 38.7. The minimum absolute atomic E-state index is 0.153. The van der Waals surface area contributed by atoms with Crippen LogP contribution < -0.4 is 0 Å². The van der Waals surface area contributed by atoms with Crippen LogP contribution in [0.3, 0.4) is 0 Å². The number of aliphatic imine (C=N–C) groups is 1. The lowest BCUT2D eigenvalue weighted by Crippen LogP contribution is -2.29. The van der Waals surface area contributed by atoms with E-state index in [0.29, 0.717) is 0 Å². The molecule has 0 N–H and O–H groups in total. The van der Waals surface area contributed by atoms with Gasteiger partial charge in [0.1, 0.15) is 11.4 Å². The Hall–Kier alpha value is -2.78. The zero-order valence-electron chi connectivity index (χ0n) is 15.3. The number of ketones is 1. The van der Waals surface area contributed by atoms with Crippen molar-refractivity contribution in [1.82, 2.24) is 0 Å². The minimum atomic E-state index is -1.97. The highest BCUT2D eigenvalue weighted by atomic mass is 19.2. The molecule has 0 bridgehead atoms. The lowest BCUT2D eigenvalue weighted by molar-refractivity contribution is -0.388. The minimum Gasteiger partial charge on any atom is -0.468 e. The number of esters is 1. The maximum Gasteiger partial charge on any atom is 0.322 e. The zero-order valence-corrected chi connectivity index (χ0v) is 15.3. The molecule has 1 aromatic carbocycles. The van der Waals surface area contributed by atoms with Crippen LogP contribution in [0.2, 0.25) is 0 Å². The Morgan fingerprint density at radius 2 is 1.79 bits per heavy atom. The van der Waals surface area contributed by atoms with E-state index in [1.165, 1.54) is 0 Å². The van der Waals surface area contributed by atoms with Gasteiger partial charge in [-0.05, 0) is 19.8 Å². The fraction of sp³-hybridized carbons (Fsp3) is 0.500. The molecule has 2 rings (SSSR count). The van der Waals surface area contributed by atoms with Gasteiger partial charge in [-0.15, -0.1) is 0 Å². The van der Waals surface area contributed by atoms with Crippen molar-refractivity contribution < 1.29 is 32.4 Å². The molecule has 0 radical (unpaired) electrons. The van der Waals surface area contributed by atoms with E-state index in [0.717, 1.165) is 52.4 Å². The third-order valence-corrected chi connectivity index (χ3v) is 4.70. The van der Waals surface area contributed by atoms with Crippen LogP contribution in [0.5, 0.6) is 0 Å². The Kier molecular flexibility index (Phi) is 6.87. The Bertz CT molecular complexity index is 835. The van der Waals surface area contributed by atoms with E-state index >= 15 is 0 Å². The van der Waals surface area contributed by atoms with E-state index < -0.39 is 56.9 Å². The Morgan fingerprint density at radius 1 is 1.18 bits per heavy atom. The molecule has 10 heteroatoms. The molecule has 0 heterocycles. The molecule has 1 aromatic rings. The smallest absolute Gasteiger partial charge is 0.322 e. The summed E-state index contributed by atoms with van der Waals surface area (Å²) in [5.41, 5.74) is -3.88. The maximum atomic E-state index is 14.5. The third-order valence-electron chi connectivity index (χ3n) is 4.70. The molecular formula is C18H19F3N2O5. The molecule has 1 aliphatic carbocycles. The molecule has 0 saturated heterocycles. The fourth-order valence-electron chi connectivity index (χ4n) is 3.12. The van der Waals surface area contributed by atoms with Gasteiger partial charge in [0.25, 0.3) is 0 Å². The number of nitrogens with zero attached hydrogens (tertiary/aromatic N) is 2. The topological polar surface area (TPSA) is 98.9 Å². The quantitative estimate of drug-likeness (QED) is 0.138. The first-order valence-corrected chi connectivity index (χ1v) is 8.67. The first kappa shape index (κ1) is 21.5. The van der Waals surface area contributed by atoms with E-state index in [-0.39, 0.29) is 6.04 Å². The Morgan fingerprint density at radius 3 is 2.32 bits per heavy atom. The fourth-order valence-corrected chi connectivity index (χ4v) is 3.12. The zero-order chi connectivity index (χ0) is 21.0. The average Bonchev–Trinajstić information content (AvgIpc) is 2.69. The summed E-state index contributed by atoms with van der Waals surface area (Å²) in [6.45, 7) is 0.831. The van der Waals surface area contributed by atoms with Crippen LogP contribution in [0.4, 0.5) is 18.9 Å². The van der Waals surface area contributed by atoms with Gasteiger partial charge < -0.3 is 4.74 Å². The van der Waals surface area contributed by atoms with Gasteiger partial charge in [0, 0.05) is 17.8 Å². The van der Waals surface area contributed by atoms with E-state index in [1.54, 1.807) is 0 Å². The molecule has 0 amide bonds. The summed E-state index contributed by atoms with van der Waals surface area (Å²) in [7, 11) is 0.971. The number of carbonyl (C=O) groups is 2. The van der Waals surface area contributed by atoms with Crippen LogP contribution in [-0.2, 0) is 9.53 Å². The molecule has 1 atom stereocenters. The molecule has 0 aromatic heterocycles. The van der Waals surface area contributed by atoms with Crippen molar-refractivity contribution in [2.75, 3.05) is 7.11 Å². The normalized spacial score (nSPS) is 16.2. The van der Waals surface area contributed by atoms with Crippen LogP contribution >= 0.6 is 0 Å². The van der Waals surface area contributed by atoms with Gasteiger partial charge in [-0.3, -0.25) is 24.7 Å². The molecule has 7 nitrogen and oxygen atoms in total.